The number of amides is 1. The number of fused-ring (bicyclic) bond motifs is 1. The summed E-state index contributed by atoms with van der Waals surface area (Å²) in [5.74, 6) is 3.36. The second-order valence-electron chi connectivity index (χ2n) is 6.88. The van der Waals surface area contributed by atoms with Gasteiger partial charge >= 0.3 is 0 Å². The van der Waals surface area contributed by atoms with Crippen LogP contribution in [0.2, 0.25) is 0 Å². The van der Waals surface area contributed by atoms with E-state index in [4.69, 9.17) is 19.3 Å². The molecule has 0 saturated carbocycles. The number of thioether (sulfide) groups is 1. The van der Waals surface area contributed by atoms with Gasteiger partial charge in [0.05, 0.1) is 32.7 Å². The van der Waals surface area contributed by atoms with E-state index >= 15 is 0 Å². The van der Waals surface area contributed by atoms with E-state index in [0.717, 1.165) is 34.0 Å². The van der Waals surface area contributed by atoms with Crippen LogP contribution in [-0.4, -0.2) is 37.0 Å². The van der Waals surface area contributed by atoms with Crippen molar-refractivity contribution in [3.05, 3.63) is 58.8 Å². The first kappa shape index (κ1) is 20.2. The van der Waals surface area contributed by atoms with Crippen LogP contribution < -0.4 is 19.5 Å². The molecular weight excluding hydrogens is 402 g/mol. The first-order valence-electron chi connectivity index (χ1n) is 9.42. The zero-order valence-corrected chi connectivity index (χ0v) is 18.1. The van der Waals surface area contributed by atoms with Gasteiger partial charge in [-0.05, 0) is 31.2 Å². The molecule has 0 bridgehead atoms. The predicted molar refractivity (Wildman–Crippen MR) is 117 cm³/mol. The fourth-order valence-electron chi connectivity index (χ4n) is 3.41. The van der Waals surface area contributed by atoms with Gasteiger partial charge in [0.25, 0.3) is 5.91 Å². The Bertz CT molecular complexity index is 1070. The Labute approximate surface area is 179 Å². The molecule has 0 fully saturated rings. The highest BCUT2D eigenvalue weighted by Crippen LogP contribution is 2.39. The van der Waals surface area contributed by atoms with Crippen molar-refractivity contribution in [2.75, 3.05) is 26.6 Å². The molecule has 7 nitrogen and oxygen atoms in total. The van der Waals surface area contributed by atoms with Crippen LogP contribution in [-0.2, 0) is 11.5 Å². The molecule has 0 atom stereocenters. The van der Waals surface area contributed by atoms with Crippen LogP contribution in [0.15, 0.2) is 36.4 Å². The Morgan fingerprint density at radius 3 is 2.30 bits per heavy atom. The zero-order valence-electron chi connectivity index (χ0n) is 17.3. The van der Waals surface area contributed by atoms with Gasteiger partial charge < -0.3 is 19.5 Å². The molecule has 2 heterocycles. The summed E-state index contributed by atoms with van der Waals surface area (Å²) >= 11 is 1.79. The highest BCUT2D eigenvalue weighted by atomic mass is 32.2. The molecule has 30 heavy (non-hydrogen) atoms. The van der Waals surface area contributed by atoms with E-state index in [0.29, 0.717) is 28.6 Å². The number of ether oxygens (including phenoxy) is 3. The van der Waals surface area contributed by atoms with Gasteiger partial charge in [0.15, 0.2) is 11.5 Å². The fraction of sp³-hybridized carbons (Fsp3) is 0.273. The lowest BCUT2D eigenvalue weighted by Crippen LogP contribution is -2.16. The predicted octanol–water partition coefficient (Wildman–Crippen LogP) is 4.21. The summed E-state index contributed by atoms with van der Waals surface area (Å²) in [6.45, 7) is 2.04. The summed E-state index contributed by atoms with van der Waals surface area (Å²) in [6.07, 6.45) is 0. The average molecular weight is 426 g/mol. The minimum atomic E-state index is -0.276. The number of benzene rings is 2. The Morgan fingerprint density at radius 2 is 1.70 bits per heavy atom. The summed E-state index contributed by atoms with van der Waals surface area (Å²) in [6, 6.07) is 11.3. The molecule has 1 aliphatic rings. The standard InChI is InChI=1S/C22H23N3O4S/c1-13-5-7-15(8-6-13)25-21(16-11-30-12-17(16)24-25)23-22(26)14-9-18(27-2)20(29-4)19(10-14)28-3/h5-10H,11-12H2,1-4H3,(H,23,26). The molecule has 0 saturated heterocycles. The first-order valence-corrected chi connectivity index (χ1v) is 10.6. The summed E-state index contributed by atoms with van der Waals surface area (Å²) in [5.41, 5.74) is 4.53. The Morgan fingerprint density at radius 1 is 1.03 bits per heavy atom. The van der Waals surface area contributed by atoms with Gasteiger partial charge in [-0.2, -0.15) is 16.9 Å². The average Bonchev–Trinajstić information content (AvgIpc) is 3.35. The van der Waals surface area contributed by atoms with Crippen molar-refractivity contribution in [3.8, 4) is 22.9 Å². The molecule has 1 amide bonds. The van der Waals surface area contributed by atoms with Crippen molar-refractivity contribution in [2.45, 2.75) is 18.4 Å². The number of hydrogen-bond donors (Lipinski definition) is 1. The van der Waals surface area contributed by atoms with Crippen LogP contribution in [0.25, 0.3) is 5.69 Å². The normalized spacial score (nSPS) is 12.4. The molecule has 0 spiro atoms. The Hall–Kier alpha value is -3.13. The topological polar surface area (TPSA) is 74.6 Å². The van der Waals surface area contributed by atoms with Crippen LogP contribution in [0.4, 0.5) is 5.82 Å². The molecule has 4 rings (SSSR count). The Balaban J connectivity index is 1.73. The van der Waals surface area contributed by atoms with Gasteiger partial charge in [-0.15, -0.1) is 0 Å². The van der Waals surface area contributed by atoms with E-state index in [1.807, 2.05) is 31.2 Å². The minimum absolute atomic E-state index is 0.276. The number of carbonyl (C=O) groups excluding carboxylic acids is 1. The fourth-order valence-corrected chi connectivity index (χ4v) is 4.44. The maximum absolute atomic E-state index is 13.2. The smallest absolute Gasteiger partial charge is 0.257 e. The lowest BCUT2D eigenvalue weighted by Gasteiger charge is -2.15. The third-order valence-corrected chi connectivity index (χ3v) is 5.96. The van der Waals surface area contributed by atoms with Crippen molar-refractivity contribution in [3.63, 3.8) is 0 Å². The van der Waals surface area contributed by atoms with E-state index < -0.39 is 0 Å². The largest absolute Gasteiger partial charge is 0.493 e. The second-order valence-corrected chi connectivity index (χ2v) is 7.87. The number of nitrogens with one attached hydrogen (secondary N) is 1. The summed E-state index contributed by atoms with van der Waals surface area (Å²) in [4.78, 5) is 13.2. The van der Waals surface area contributed by atoms with Gasteiger partial charge in [-0.25, -0.2) is 4.68 Å². The number of aromatic nitrogens is 2. The van der Waals surface area contributed by atoms with E-state index in [2.05, 4.69) is 5.32 Å². The maximum Gasteiger partial charge on any atom is 0.257 e. The van der Waals surface area contributed by atoms with E-state index in [-0.39, 0.29) is 5.91 Å². The van der Waals surface area contributed by atoms with Gasteiger partial charge in [-0.1, -0.05) is 17.7 Å². The molecule has 1 N–H and O–H groups in total. The zero-order chi connectivity index (χ0) is 21.3. The Kier molecular flexibility index (Phi) is 5.59. The molecule has 0 aliphatic carbocycles. The van der Waals surface area contributed by atoms with E-state index in [9.17, 15) is 4.79 Å². The monoisotopic (exact) mass is 425 g/mol. The molecule has 8 heteroatoms. The summed E-state index contributed by atoms with van der Waals surface area (Å²) in [7, 11) is 4.58. The number of aryl methyl sites for hydroxylation is 1. The van der Waals surface area contributed by atoms with Gasteiger partial charge in [0.2, 0.25) is 5.75 Å². The van der Waals surface area contributed by atoms with Crippen LogP contribution in [0, 0.1) is 6.92 Å². The maximum atomic E-state index is 13.2. The SMILES string of the molecule is COc1cc(C(=O)Nc2c3c(nn2-c2ccc(C)cc2)CSC3)cc(OC)c1OC. The van der Waals surface area contributed by atoms with Crippen molar-refractivity contribution in [1.29, 1.82) is 0 Å². The minimum Gasteiger partial charge on any atom is -0.493 e. The summed E-state index contributed by atoms with van der Waals surface area (Å²) in [5, 5.41) is 7.80. The third kappa shape index (κ3) is 3.59. The van der Waals surface area contributed by atoms with Gasteiger partial charge in [0, 0.05) is 22.6 Å². The van der Waals surface area contributed by atoms with Crippen molar-refractivity contribution < 1.29 is 19.0 Å². The quantitative estimate of drug-likeness (QED) is 0.638. The molecule has 1 aromatic heterocycles. The van der Waals surface area contributed by atoms with Crippen LogP contribution >= 0.6 is 11.8 Å². The number of nitrogens with zero attached hydrogens (tertiary/aromatic N) is 2. The summed E-state index contributed by atoms with van der Waals surface area (Å²) < 4.78 is 17.9. The lowest BCUT2D eigenvalue weighted by molar-refractivity contribution is 0.102. The van der Waals surface area contributed by atoms with Gasteiger partial charge in [-0.3, -0.25) is 4.79 Å². The number of methoxy groups -OCH3 is 3. The van der Waals surface area contributed by atoms with Crippen LogP contribution in [0.3, 0.4) is 0 Å². The number of rotatable bonds is 6. The molecule has 156 valence electrons. The number of anilines is 1. The van der Waals surface area contributed by atoms with Gasteiger partial charge in [0.1, 0.15) is 5.82 Å². The molecule has 0 radical (unpaired) electrons. The van der Waals surface area contributed by atoms with Crippen LogP contribution in [0.5, 0.6) is 17.2 Å². The molecule has 0 unspecified atom stereocenters. The molecule has 3 aromatic rings. The lowest BCUT2D eigenvalue weighted by atomic mass is 10.1. The first-order chi connectivity index (χ1) is 14.5. The van der Waals surface area contributed by atoms with Crippen LogP contribution in [0.1, 0.15) is 27.2 Å². The second kappa shape index (κ2) is 8.31. The van der Waals surface area contributed by atoms with E-state index in [1.54, 1.807) is 28.6 Å². The van der Waals surface area contributed by atoms with E-state index in [1.165, 1.54) is 21.3 Å². The van der Waals surface area contributed by atoms with Crippen molar-refractivity contribution >= 4 is 23.5 Å². The van der Waals surface area contributed by atoms with Crippen molar-refractivity contribution in [1.82, 2.24) is 9.78 Å². The van der Waals surface area contributed by atoms with Crippen molar-refractivity contribution in [2.24, 2.45) is 0 Å². The highest BCUT2D eigenvalue weighted by Gasteiger charge is 2.26. The molecule has 2 aromatic carbocycles. The highest BCUT2D eigenvalue weighted by molar-refractivity contribution is 7.98. The molecule has 1 aliphatic heterocycles. The molecular formula is C22H23N3O4S. The third-order valence-electron chi connectivity index (χ3n) is 4.99. The number of hydrogen-bond acceptors (Lipinski definition) is 6. The number of carbonyl (C=O) groups is 1.